The zero-order valence-electron chi connectivity index (χ0n) is 8.83. The Kier molecular flexibility index (Phi) is 3.46. The SMILES string of the molecule is COc1ccc(Br)cc1C1CNC(=O)CO1. The predicted molar refractivity (Wildman–Crippen MR) is 62.4 cm³/mol. The molecular formula is C11H12BrNO3. The van der Waals surface area contributed by atoms with Crippen molar-refractivity contribution in [2.24, 2.45) is 0 Å². The Morgan fingerprint density at radius 3 is 3.00 bits per heavy atom. The molecule has 0 aliphatic carbocycles. The molecule has 86 valence electrons. The number of nitrogens with one attached hydrogen (secondary N) is 1. The van der Waals surface area contributed by atoms with E-state index in [2.05, 4.69) is 21.2 Å². The lowest BCUT2D eigenvalue weighted by atomic mass is 10.1. The average Bonchev–Trinajstić information content (AvgIpc) is 2.30. The first-order valence-corrected chi connectivity index (χ1v) is 5.71. The van der Waals surface area contributed by atoms with E-state index in [0.717, 1.165) is 15.8 Å². The summed E-state index contributed by atoms with van der Waals surface area (Å²) in [5.41, 5.74) is 0.942. The Morgan fingerprint density at radius 2 is 2.38 bits per heavy atom. The number of morpholine rings is 1. The molecule has 16 heavy (non-hydrogen) atoms. The second kappa shape index (κ2) is 4.84. The van der Waals surface area contributed by atoms with Gasteiger partial charge in [-0.05, 0) is 18.2 Å². The van der Waals surface area contributed by atoms with Crippen LogP contribution in [0.15, 0.2) is 22.7 Å². The molecule has 1 fully saturated rings. The second-order valence-corrected chi connectivity index (χ2v) is 4.41. The predicted octanol–water partition coefficient (Wildman–Crippen LogP) is 1.65. The third kappa shape index (κ3) is 2.36. The smallest absolute Gasteiger partial charge is 0.246 e. The first-order chi connectivity index (χ1) is 7.70. The first kappa shape index (κ1) is 11.4. The van der Waals surface area contributed by atoms with Gasteiger partial charge in [0.25, 0.3) is 0 Å². The van der Waals surface area contributed by atoms with E-state index in [1.165, 1.54) is 0 Å². The van der Waals surface area contributed by atoms with Crippen LogP contribution in [-0.4, -0.2) is 26.2 Å². The van der Waals surface area contributed by atoms with Crippen molar-refractivity contribution >= 4 is 21.8 Å². The maximum Gasteiger partial charge on any atom is 0.246 e. The summed E-state index contributed by atoms with van der Waals surface area (Å²) in [6.45, 7) is 0.575. The van der Waals surface area contributed by atoms with E-state index in [1.807, 2.05) is 18.2 Å². The van der Waals surface area contributed by atoms with Crippen LogP contribution in [-0.2, 0) is 9.53 Å². The van der Waals surface area contributed by atoms with E-state index in [1.54, 1.807) is 7.11 Å². The highest BCUT2D eigenvalue weighted by Gasteiger charge is 2.23. The summed E-state index contributed by atoms with van der Waals surface area (Å²) in [6.07, 6.45) is -0.148. The molecule has 1 saturated heterocycles. The topological polar surface area (TPSA) is 47.6 Å². The summed E-state index contributed by atoms with van der Waals surface area (Å²) in [5.74, 6) is 0.689. The highest BCUT2D eigenvalue weighted by Crippen LogP contribution is 2.31. The van der Waals surface area contributed by atoms with Gasteiger partial charge in [0, 0.05) is 16.6 Å². The van der Waals surface area contributed by atoms with Crippen LogP contribution in [0.2, 0.25) is 0 Å². The normalized spacial score (nSPS) is 20.4. The minimum atomic E-state index is -0.148. The molecule has 1 amide bonds. The zero-order chi connectivity index (χ0) is 11.5. The highest BCUT2D eigenvalue weighted by molar-refractivity contribution is 9.10. The number of hydrogen-bond acceptors (Lipinski definition) is 3. The van der Waals surface area contributed by atoms with E-state index in [9.17, 15) is 4.79 Å². The summed E-state index contributed by atoms with van der Waals surface area (Å²) in [6, 6.07) is 5.73. The lowest BCUT2D eigenvalue weighted by Crippen LogP contribution is -2.38. The third-order valence-corrected chi connectivity index (χ3v) is 2.93. The van der Waals surface area contributed by atoms with Crippen LogP contribution < -0.4 is 10.1 Å². The standard InChI is InChI=1S/C11H12BrNO3/c1-15-9-3-2-7(12)4-8(9)10-5-13-11(14)6-16-10/h2-4,10H,5-6H2,1H3,(H,13,14). The summed E-state index contributed by atoms with van der Waals surface area (Å²) < 4.78 is 11.7. The quantitative estimate of drug-likeness (QED) is 0.899. The Labute approximate surface area is 102 Å². The van der Waals surface area contributed by atoms with Gasteiger partial charge in [0.2, 0.25) is 5.91 Å². The van der Waals surface area contributed by atoms with E-state index in [0.29, 0.717) is 6.54 Å². The summed E-state index contributed by atoms with van der Waals surface area (Å²) in [4.78, 5) is 11.0. The van der Waals surface area contributed by atoms with Gasteiger partial charge < -0.3 is 14.8 Å². The van der Waals surface area contributed by atoms with Gasteiger partial charge in [-0.2, -0.15) is 0 Å². The molecule has 1 aromatic carbocycles. The fraction of sp³-hybridized carbons (Fsp3) is 0.364. The number of ether oxygens (including phenoxy) is 2. The number of benzene rings is 1. The lowest BCUT2D eigenvalue weighted by Gasteiger charge is -2.25. The van der Waals surface area contributed by atoms with Gasteiger partial charge in [-0.25, -0.2) is 0 Å². The zero-order valence-corrected chi connectivity index (χ0v) is 10.4. The Balaban J connectivity index is 2.24. The number of halogens is 1. The molecule has 1 aliphatic heterocycles. The van der Waals surface area contributed by atoms with Gasteiger partial charge in [-0.15, -0.1) is 0 Å². The van der Waals surface area contributed by atoms with Gasteiger partial charge in [0.05, 0.1) is 7.11 Å². The Hall–Kier alpha value is -1.07. The van der Waals surface area contributed by atoms with Crippen molar-refractivity contribution in [3.8, 4) is 5.75 Å². The Bertz CT molecular complexity index is 398. The summed E-state index contributed by atoms with van der Waals surface area (Å²) >= 11 is 3.41. The minimum absolute atomic E-state index is 0.0785. The van der Waals surface area contributed by atoms with E-state index in [4.69, 9.17) is 9.47 Å². The molecule has 1 aliphatic rings. The van der Waals surface area contributed by atoms with E-state index in [-0.39, 0.29) is 18.6 Å². The average molecular weight is 286 g/mol. The van der Waals surface area contributed by atoms with Gasteiger partial charge in [0.15, 0.2) is 0 Å². The van der Waals surface area contributed by atoms with Crippen molar-refractivity contribution in [2.45, 2.75) is 6.10 Å². The van der Waals surface area contributed by atoms with Crippen LogP contribution in [0.25, 0.3) is 0 Å². The van der Waals surface area contributed by atoms with Crippen LogP contribution in [0, 0.1) is 0 Å². The molecule has 0 aromatic heterocycles. The minimum Gasteiger partial charge on any atom is -0.496 e. The van der Waals surface area contributed by atoms with Crippen LogP contribution in [0.1, 0.15) is 11.7 Å². The van der Waals surface area contributed by atoms with Crippen molar-refractivity contribution in [3.05, 3.63) is 28.2 Å². The van der Waals surface area contributed by atoms with E-state index >= 15 is 0 Å². The van der Waals surface area contributed by atoms with Crippen LogP contribution in [0.4, 0.5) is 0 Å². The highest BCUT2D eigenvalue weighted by atomic mass is 79.9. The molecule has 0 saturated carbocycles. The van der Waals surface area contributed by atoms with Crippen molar-refractivity contribution in [1.29, 1.82) is 0 Å². The van der Waals surface area contributed by atoms with Crippen molar-refractivity contribution in [1.82, 2.24) is 5.32 Å². The summed E-state index contributed by atoms with van der Waals surface area (Å²) in [5, 5.41) is 2.77. The maximum atomic E-state index is 11.0. The second-order valence-electron chi connectivity index (χ2n) is 3.49. The van der Waals surface area contributed by atoms with Crippen molar-refractivity contribution < 1.29 is 14.3 Å². The molecule has 0 radical (unpaired) electrons. The molecule has 1 aromatic rings. The fourth-order valence-electron chi connectivity index (χ4n) is 1.65. The molecule has 0 spiro atoms. The number of rotatable bonds is 2. The van der Waals surface area contributed by atoms with E-state index < -0.39 is 0 Å². The molecule has 0 bridgehead atoms. The van der Waals surface area contributed by atoms with Crippen LogP contribution >= 0.6 is 15.9 Å². The molecule has 5 heteroatoms. The monoisotopic (exact) mass is 285 g/mol. The lowest BCUT2D eigenvalue weighted by molar-refractivity contribution is -0.133. The van der Waals surface area contributed by atoms with Gasteiger partial charge in [-0.1, -0.05) is 15.9 Å². The maximum absolute atomic E-state index is 11.0. The third-order valence-electron chi connectivity index (χ3n) is 2.44. The van der Waals surface area contributed by atoms with Crippen LogP contribution in [0.3, 0.4) is 0 Å². The van der Waals surface area contributed by atoms with Gasteiger partial charge >= 0.3 is 0 Å². The largest absolute Gasteiger partial charge is 0.496 e. The molecule has 2 rings (SSSR count). The molecule has 4 nitrogen and oxygen atoms in total. The number of amides is 1. The molecule has 1 heterocycles. The molecule has 1 unspecified atom stereocenters. The molecular weight excluding hydrogens is 274 g/mol. The number of carbonyl (C=O) groups is 1. The van der Waals surface area contributed by atoms with Gasteiger partial charge in [-0.3, -0.25) is 4.79 Å². The van der Waals surface area contributed by atoms with Gasteiger partial charge in [0.1, 0.15) is 18.5 Å². The first-order valence-electron chi connectivity index (χ1n) is 4.92. The number of carbonyl (C=O) groups excluding carboxylic acids is 1. The molecule has 1 atom stereocenters. The van der Waals surface area contributed by atoms with Crippen molar-refractivity contribution in [3.63, 3.8) is 0 Å². The summed E-state index contributed by atoms with van der Waals surface area (Å²) in [7, 11) is 1.62. The van der Waals surface area contributed by atoms with Crippen LogP contribution in [0.5, 0.6) is 5.75 Å². The number of hydrogen-bond donors (Lipinski definition) is 1. The number of methoxy groups -OCH3 is 1. The van der Waals surface area contributed by atoms with Crippen molar-refractivity contribution in [2.75, 3.05) is 20.3 Å². The Morgan fingerprint density at radius 1 is 1.56 bits per heavy atom. The fourth-order valence-corrected chi connectivity index (χ4v) is 2.03. The molecule has 1 N–H and O–H groups in total.